The molecule has 0 amide bonds. The van der Waals surface area contributed by atoms with Gasteiger partial charge in [-0.2, -0.15) is 0 Å². The van der Waals surface area contributed by atoms with Crippen LogP contribution in [0, 0.1) is 11.8 Å². The zero-order valence-corrected chi connectivity index (χ0v) is 12.4. The molecule has 0 N–H and O–H groups in total. The molecule has 0 spiro atoms. The lowest BCUT2D eigenvalue weighted by atomic mass is 9.69. The van der Waals surface area contributed by atoms with Gasteiger partial charge in [-0.25, -0.2) is 0 Å². The van der Waals surface area contributed by atoms with Crippen LogP contribution in [0.2, 0.25) is 0 Å². The summed E-state index contributed by atoms with van der Waals surface area (Å²) < 4.78 is 0. The van der Waals surface area contributed by atoms with Crippen molar-refractivity contribution in [2.24, 2.45) is 21.8 Å². The highest BCUT2D eigenvalue weighted by molar-refractivity contribution is 6.24. The van der Waals surface area contributed by atoms with Gasteiger partial charge in [0.2, 0.25) is 0 Å². The molecular formula is C16H24N2. The molecule has 0 aromatic rings. The number of hydrogen-bond acceptors (Lipinski definition) is 2. The molecule has 2 nitrogen and oxygen atoms in total. The molecule has 0 radical (unpaired) electrons. The second kappa shape index (κ2) is 4.49. The van der Waals surface area contributed by atoms with E-state index < -0.39 is 0 Å². The van der Waals surface area contributed by atoms with Crippen LogP contribution in [0.15, 0.2) is 33.3 Å². The van der Waals surface area contributed by atoms with Crippen molar-refractivity contribution < 1.29 is 0 Å². The van der Waals surface area contributed by atoms with Gasteiger partial charge in [-0.05, 0) is 55.4 Å². The minimum absolute atomic E-state index is 0.0731. The summed E-state index contributed by atoms with van der Waals surface area (Å²) in [6.07, 6.45) is 5.52. The topological polar surface area (TPSA) is 24.7 Å². The number of nitrogens with zero attached hydrogens (tertiary/aromatic N) is 2. The van der Waals surface area contributed by atoms with Crippen LogP contribution in [-0.2, 0) is 0 Å². The fourth-order valence-corrected chi connectivity index (χ4v) is 2.99. The summed E-state index contributed by atoms with van der Waals surface area (Å²) in [6, 6.07) is 0. The van der Waals surface area contributed by atoms with Gasteiger partial charge in [-0.1, -0.05) is 20.8 Å². The van der Waals surface area contributed by atoms with Gasteiger partial charge < -0.3 is 0 Å². The minimum Gasteiger partial charge on any atom is -0.288 e. The van der Waals surface area contributed by atoms with E-state index in [1.807, 2.05) is 7.05 Å². The zero-order chi connectivity index (χ0) is 13.5. The first kappa shape index (κ1) is 13.3. The average Bonchev–Trinajstić information content (AvgIpc) is 2.36. The molecule has 0 saturated heterocycles. The molecule has 1 aliphatic heterocycles. The van der Waals surface area contributed by atoms with Crippen LogP contribution in [0.25, 0.3) is 0 Å². The molecule has 1 heterocycles. The summed E-state index contributed by atoms with van der Waals surface area (Å²) in [7, 11) is 1.86. The summed E-state index contributed by atoms with van der Waals surface area (Å²) in [5, 5.41) is 0. The largest absolute Gasteiger partial charge is 0.288 e. The number of aliphatic imine (C=N–C) groups is 2. The van der Waals surface area contributed by atoms with Gasteiger partial charge in [0.05, 0.1) is 17.0 Å². The maximum Gasteiger partial charge on any atom is 0.0620 e. The van der Waals surface area contributed by atoms with Crippen molar-refractivity contribution in [3.8, 4) is 0 Å². The van der Waals surface area contributed by atoms with E-state index in [0.717, 1.165) is 12.1 Å². The third-order valence-electron chi connectivity index (χ3n) is 4.90. The SMILES string of the molecule is CCC1(C)N=C2C=C(C)C(=NC)C=C2C(C)C1C. The summed E-state index contributed by atoms with van der Waals surface area (Å²) in [5.41, 5.74) is 4.93. The standard InChI is InChI=1S/C16H24N2/c1-7-16(5)12(4)11(3)13-9-14(17-6)10(2)8-15(13)18-16/h8-9,11-12H,7H2,1-6H3. The minimum atomic E-state index is 0.0731. The number of fused-ring (bicyclic) bond motifs is 1. The monoisotopic (exact) mass is 244 g/mol. The van der Waals surface area contributed by atoms with Gasteiger partial charge >= 0.3 is 0 Å². The fourth-order valence-electron chi connectivity index (χ4n) is 2.99. The molecular weight excluding hydrogens is 220 g/mol. The molecule has 3 unspecified atom stereocenters. The highest BCUT2D eigenvalue weighted by Crippen LogP contribution is 2.41. The second-order valence-corrected chi connectivity index (χ2v) is 5.82. The van der Waals surface area contributed by atoms with Gasteiger partial charge in [0.15, 0.2) is 0 Å². The van der Waals surface area contributed by atoms with Crippen molar-refractivity contribution in [2.75, 3.05) is 7.05 Å². The number of rotatable bonds is 1. The Hall–Kier alpha value is -1.18. The fraction of sp³-hybridized carbons (Fsp3) is 0.625. The van der Waals surface area contributed by atoms with E-state index in [-0.39, 0.29) is 5.54 Å². The van der Waals surface area contributed by atoms with E-state index in [1.165, 1.54) is 16.9 Å². The summed E-state index contributed by atoms with van der Waals surface area (Å²) >= 11 is 0. The lowest BCUT2D eigenvalue weighted by Crippen LogP contribution is -2.42. The maximum atomic E-state index is 5.02. The number of hydrogen-bond donors (Lipinski definition) is 0. The Morgan fingerprint density at radius 3 is 2.56 bits per heavy atom. The molecule has 2 rings (SSSR count). The molecule has 18 heavy (non-hydrogen) atoms. The van der Waals surface area contributed by atoms with Crippen LogP contribution in [0.4, 0.5) is 0 Å². The summed E-state index contributed by atoms with van der Waals surface area (Å²) in [6.45, 7) is 11.3. The van der Waals surface area contributed by atoms with Gasteiger partial charge in [0, 0.05) is 7.05 Å². The normalized spacial score (nSPS) is 37.9. The Balaban J connectivity index is 2.56. The Morgan fingerprint density at radius 2 is 2.00 bits per heavy atom. The van der Waals surface area contributed by atoms with Crippen molar-refractivity contribution in [1.82, 2.24) is 0 Å². The van der Waals surface area contributed by atoms with Crippen LogP contribution >= 0.6 is 0 Å². The lowest BCUT2D eigenvalue weighted by molar-refractivity contribution is 0.245. The Bertz CT molecular complexity index is 479. The first-order valence-electron chi connectivity index (χ1n) is 6.90. The lowest BCUT2D eigenvalue weighted by Gasteiger charge is -2.42. The molecule has 0 fully saturated rings. The van der Waals surface area contributed by atoms with Crippen molar-refractivity contribution in [2.45, 2.75) is 46.6 Å². The van der Waals surface area contributed by atoms with Crippen LogP contribution in [0.5, 0.6) is 0 Å². The predicted molar refractivity (Wildman–Crippen MR) is 79.7 cm³/mol. The first-order valence-corrected chi connectivity index (χ1v) is 6.90. The van der Waals surface area contributed by atoms with Gasteiger partial charge in [-0.15, -0.1) is 0 Å². The first-order chi connectivity index (χ1) is 8.42. The summed E-state index contributed by atoms with van der Waals surface area (Å²) in [5.74, 6) is 1.12. The van der Waals surface area contributed by atoms with E-state index >= 15 is 0 Å². The van der Waals surface area contributed by atoms with Crippen LogP contribution in [0.1, 0.15) is 41.0 Å². The van der Waals surface area contributed by atoms with Gasteiger partial charge in [0.25, 0.3) is 0 Å². The van der Waals surface area contributed by atoms with Crippen molar-refractivity contribution in [3.05, 3.63) is 23.3 Å². The highest BCUT2D eigenvalue weighted by atomic mass is 14.9. The molecule has 98 valence electrons. The van der Waals surface area contributed by atoms with E-state index in [2.05, 4.69) is 51.8 Å². The second-order valence-electron chi connectivity index (χ2n) is 5.82. The van der Waals surface area contributed by atoms with Crippen LogP contribution < -0.4 is 0 Å². The molecule has 1 aliphatic carbocycles. The van der Waals surface area contributed by atoms with Crippen molar-refractivity contribution in [3.63, 3.8) is 0 Å². The van der Waals surface area contributed by atoms with E-state index in [4.69, 9.17) is 4.99 Å². The predicted octanol–water partition coefficient (Wildman–Crippen LogP) is 3.84. The van der Waals surface area contributed by atoms with E-state index in [9.17, 15) is 0 Å². The molecule has 2 aliphatic rings. The molecule has 0 aromatic carbocycles. The third kappa shape index (κ3) is 1.88. The number of allylic oxidation sites excluding steroid dienone is 4. The van der Waals surface area contributed by atoms with Gasteiger partial charge in [-0.3, -0.25) is 9.98 Å². The summed E-state index contributed by atoms with van der Waals surface area (Å²) in [4.78, 5) is 9.37. The molecule has 0 saturated carbocycles. The van der Waals surface area contributed by atoms with E-state index in [1.54, 1.807) is 0 Å². The Morgan fingerprint density at radius 1 is 1.33 bits per heavy atom. The maximum absolute atomic E-state index is 5.02. The Labute approximate surface area is 111 Å². The van der Waals surface area contributed by atoms with Crippen LogP contribution in [-0.4, -0.2) is 24.0 Å². The third-order valence-corrected chi connectivity index (χ3v) is 4.90. The molecule has 2 heteroatoms. The molecule has 0 aromatic heterocycles. The quantitative estimate of drug-likeness (QED) is 0.626. The zero-order valence-electron chi connectivity index (χ0n) is 12.4. The van der Waals surface area contributed by atoms with E-state index in [0.29, 0.717) is 11.8 Å². The van der Waals surface area contributed by atoms with Crippen LogP contribution in [0.3, 0.4) is 0 Å². The Kier molecular flexibility index (Phi) is 3.31. The highest BCUT2D eigenvalue weighted by Gasteiger charge is 2.40. The smallest absolute Gasteiger partial charge is 0.0620 e. The van der Waals surface area contributed by atoms with Crippen molar-refractivity contribution >= 4 is 11.4 Å². The van der Waals surface area contributed by atoms with Gasteiger partial charge in [0.1, 0.15) is 0 Å². The molecule has 0 bridgehead atoms. The molecule has 3 atom stereocenters. The average molecular weight is 244 g/mol. The van der Waals surface area contributed by atoms with Crippen molar-refractivity contribution in [1.29, 1.82) is 0 Å².